The third-order valence-corrected chi connectivity index (χ3v) is 64.8. The summed E-state index contributed by atoms with van der Waals surface area (Å²) in [6.45, 7) is 36.4. The standard InChI is InChI=1S/C24H48GeO2Si4/c1-23-19-17-15-16-18-20(19)24(2,26-23)27-25(23,21(28(3,4)5)29(6,7)8)22(30(9,10)11)31(12,13)14/h15-18,21-22H,1-14H3/t23-,24-/m0/s1. The van der Waals surface area contributed by atoms with Gasteiger partial charge < -0.3 is 0 Å². The molecule has 31 heavy (non-hydrogen) atoms. The van der Waals surface area contributed by atoms with Crippen LogP contribution in [0.4, 0.5) is 0 Å². The molecular weight excluding hydrogens is 505 g/mol. The van der Waals surface area contributed by atoms with Crippen molar-refractivity contribution in [2.45, 2.75) is 111 Å². The van der Waals surface area contributed by atoms with Gasteiger partial charge >= 0.3 is 200 Å². The topological polar surface area (TPSA) is 18.5 Å². The van der Waals surface area contributed by atoms with Crippen molar-refractivity contribution in [1.82, 2.24) is 0 Å². The average Bonchev–Trinajstić information content (AvgIpc) is 2.83. The molecule has 1 aromatic carbocycles. The number of benzene rings is 1. The Bertz CT molecular complexity index is 802. The van der Waals surface area contributed by atoms with E-state index < -0.39 is 51.7 Å². The summed E-state index contributed by atoms with van der Waals surface area (Å²) in [6, 6.07) is 9.06. The van der Waals surface area contributed by atoms with Crippen LogP contribution in [0.3, 0.4) is 0 Å². The van der Waals surface area contributed by atoms with Gasteiger partial charge in [-0.1, -0.05) is 0 Å². The predicted molar refractivity (Wildman–Crippen MR) is 150 cm³/mol. The summed E-state index contributed by atoms with van der Waals surface area (Å²) in [7, 11) is -6.14. The summed E-state index contributed by atoms with van der Waals surface area (Å²) in [4.78, 5) is 0. The van der Waals surface area contributed by atoms with Crippen molar-refractivity contribution in [2.24, 2.45) is 0 Å². The molecule has 0 saturated carbocycles. The fourth-order valence-corrected chi connectivity index (χ4v) is 88.5. The Balaban J connectivity index is 2.50. The average molecular weight is 554 g/mol. The molecular formula is C24H48GeO2Si4. The zero-order valence-electron chi connectivity index (χ0n) is 22.8. The van der Waals surface area contributed by atoms with Gasteiger partial charge in [0.15, 0.2) is 0 Å². The van der Waals surface area contributed by atoms with Gasteiger partial charge in [0.25, 0.3) is 0 Å². The molecule has 0 aliphatic carbocycles. The number of hydrogen-bond acceptors (Lipinski definition) is 2. The van der Waals surface area contributed by atoms with Gasteiger partial charge in [-0.3, -0.25) is 0 Å². The van der Waals surface area contributed by atoms with Crippen LogP contribution in [0.1, 0.15) is 25.0 Å². The SMILES string of the molecule is C[C@@]12O[C@@](C)(c3ccccc31)[Ge]([CH]([Si](C)(C)C)[Si](C)(C)C)([CH]([Si](C)(C)C)[Si](C)(C)C)[O]2. The summed E-state index contributed by atoms with van der Waals surface area (Å²) >= 11 is -3.20. The van der Waals surface area contributed by atoms with E-state index in [2.05, 4.69) is 117 Å². The van der Waals surface area contributed by atoms with Gasteiger partial charge in [-0.15, -0.1) is 0 Å². The third kappa shape index (κ3) is 3.84. The van der Waals surface area contributed by atoms with Gasteiger partial charge in [0.2, 0.25) is 0 Å². The molecule has 2 heterocycles. The Morgan fingerprint density at radius 3 is 1.35 bits per heavy atom. The minimum atomic E-state index is -3.20. The molecule has 1 aromatic rings. The van der Waals surface area contributed by atoms with E-state index in [-0.39, 0.29) is 4.43 Å². The first-order valence-corrected chi connectivity index (χ1v) is 30.8. The predicted octanol–water partition coefficient (Wildman–Crippen LogP) is 7.87. The van der Waals surface area contributed by atoms with Crippen LogP contribution >= 0.6 is 0 Å². The van der Waals surface area contributed by atoms with Gasteiger partial charge in [-0.05, 0) is 0 Å². The first-order valence-electron chi connectivity index (χ1n) is 12.1. The molecule has 2 bridgehead atoms. The molecule has 2 aliphatic heterocycles. The zero-order chi connectivity index (χ0) is 24.1. The quantitative estimate of drug-likeness (QED) is 0.334. The molecule has 2 atom stereocenters. The van der Waals surface area contributed by atoms with E-state index in [1.165, 1.54) is 11.1 Å². The van der Waals surface area contributed by atoms with Crippen LogP contribution in [0, 0.1) is 0 Å². The second kappa shape index (κ2) is 7.28. The van der Waals surface area contributed by atoms with Crippen molar-refractivity contribution in [3.8, 4) is 0 Å². The number of ether oxygens (including phenoxy) is 1. The molecule has 3 rings (SSSR count). The minimum absolute atomic E-state index is 0.207. The van der Waals surface area contributed by atoms with E-state index in [0.717, 1.165) is 7.99 Å². The molecule has 7 heteroatoms. The normalized spacial score (nSPS) is 28.5. The van der Waals surface area contributed by atoms with Crippen molar-refractivity contribution in [3.63, 3.8) is 0 Å². The molecule has 0 amide bonds. The zero-order valence-corrected chi connectivity index (χ0v) is 28.9. The Kier molecular flexibility index (Phi) is 6.14. The molecule has 2 aliphatic rings. The van der Waals surface area contributed by atoms with E-state index in [4.69, 9.17) is 8.50 Å². The van der Waals surface area contributed by atoms with Gasteiger partial charge in [0.05, 0.1) is 0 Å². The number of hydrogen-bond donors (Lipinski definition) is 0. The molecule has 1 fully saturated rings. The summed E-state index contributed by atoms with van der Waals surface area (Å²) < 4.78 is 16.4. The molecule has 1 saturated heterocycles. The van der Waals surface area contributed by atoms with Crippen LogP contribution < -0.4 is 0 Å². The van der Waals surface area contributed by atoms with Crippen molar-refractivity contribution in [2.75, 3.05) is 0 Å². The van der Waals surface area contributed by atoms with Crippen molar-refractivity contribution in [1.29, 1.82) is 0 Å². The fraction of sp³-hybridized carbons (Fsp3) is 0.750. The monoisotopic (exact) mass is 554 g/mol. The first kappa shape index (κ1) is 26.2. The van der Waals surface area contributed by atoms with Gasteiger partial charge in [-0.25, -0.2) is 0 Å². The number of fused-ring (bicyclic) bond motifs is 5. The summed E-state index contributed by atoms with van der Waals surface area (Å²) in [5.41, 5.74) is 2.78. The Labute approximate surface area is 199 Å². The van der Waals surface area contributed by atoms with E-state index >= 15 is 0 Å². The van der Waals surface area contributed by atoms with Crippen LogP contribution in [0.5, 0.6) is 0 Å². The van der Waals surface area contributed by atoms with Gasteiger partial charge in [0.1, 0.15) is 0 Å². The van der Waals surface area contributed by atoms with Crippen molar-refractivity contribution >= 4 is 45.9 Å². The van der Waals surface area contributed by atoms with Gasteiger partial charge in [0, 0.05) is 0 Å². The maximum atomic E-state index is 7.80. The maximum absolute atomic E-state index is 7.80. The van der Waals surface area contributed by atoms with Crippen LogP contribution in [0.25, 0.3) is 0 Å². The second-order valence-electron chi connectivity index (χ2n) is 14.9. The Morgan fingerprint density at radius 2 is 1.00 bits per heavy atom. The molecule has 0 spiro atoms. The summed E-state index contributed by atoms with van der Waals surface area (Å²) in [5.74, 6) is -0.555. The van der Waals surface area contributed by atoms with Crippen molar-refractivity contribution < 1.29 is 8.50 Å². The van der Waals surface area contributed by atoms with E-state index in [1.807, 2.05) is 0 Å². The molecule has 0 radical (unpaired) electrons. The Hall–Kier alpha value is 0.550. The second-order valence-corrected chi connectivity index (χ2v) is 50.3. The van der Waals surface area contributed by atoms with Gasteiger partial charge in [-0.2, -0.15) is 0 Å². The van der Waals surface area contributed by atoms with Crippen LogP contribution in [-0.4, -0.2) is 45.9 Å². The van der Waals surface area contributed by atoms with E-state index in [0.29, 0.717) is 0 Å². The molecule has 0 aromatic heterocycles. The molecule has 2 nitrogen and oxygen atoms in total. The Morgan fingerprint density at radius 1 is 0.645 bits per heavy atom. The third-order valence-electron chi connectivity index (χ3n) is 7.76. The fourth-order valence-electron chi connectivity index (χ4n) is 8.59. The van der Waals surface area contributed by atoms with Crippen LogP contribution in [0.15, 0.2) is 24.3 Å². The first-order chi connectivity index (χ1) is 13.6. The van der Waals surface area contributed by atoms with Crippen molar-refractivity contribution in [3.05, 3.63) is 35.4 Å². The summed E-state index contributed by atoms with van der Waals surface area (Å²) in [5, 5.41) is 0. The van der Waals surface area contributed by atoms with E-state index in [9.17, 15) is 0 Å². The molecule has 176 valence electrons. The summed E-state index contributed by atoms with van der Waals surface area (Å²) in [6.07, 6.45) is 0. The van der Waals surface area contributed by atoms with Crippen LogP contribution in [-0.2, 0) is 18.7 Å². The molecule has 0 unspecified atom stereocenters. The van der Waals surface area contributed by atoms with E-state index in [1.54, 1.807) is 0 Å². The number of rotatable bonds is 6. The van der Waals surface area contributed by atoms with Crippen LogP contribution in [0.2, 0.25) is 86.6 Å². The molecule has 0 N–H and O–H groups in total.